The largest absolute Gasteiger partial charge is 0.416 e. The molecule has 0 amide bonds. The van der Waals surface area contributed by atoms with E-state index in [1.54, 1.807) is 0 Å². The Hall–Kier alpha value is -2.66. The van der Waals surface area contributed by atoms with Crippen LogP contribution in [0, 0.1) is 12.7 Å². The smallest absolute Gasteiger partial charge is 0.356 e. The number of sulfone groups is 1. The molecule has 0 saturated carbocycles. The number of aromatic nitrogens is 3. The molecular weight excluding hydrogens is 448 g/mol. The molecule has 0 fully saturated rings. The highest BCUT2D eigenvalue weighted by Gasteiger charge is 2.31. The molecule has 30 heavy (non-hydrogen) atoms. The number of nitrogens with zero attached hydrogens (tertiary/aromatic N) is 2. The summed E-state index contributed by atoms with van der Waals surface area (Å²) in [6.07, 6.45) is -2.63. The Morgan fingerprint density at radius 2 is 1.90 bits per heavy atom. The van der Waals surface area contributed by atoms with Gasteiger partial charge in [0.15, 0.2) is 14.9 Å². The SMILES string of the molecule is Cc1[nH]c(C(Nc2cc(C(F)(F)F)ccn2)c2ccc(F)c(Cl)c2)nc1S(C)(=O)=O. The third-order valence-electron chi connectivity index (χ3n) is 4.14. The fraction of sp³-hybridized carbons (Fsp3) is 0.222. The van der Waals surface area contributed by atoms with Gasteiger partial charge in [0.1, 0.15) is 23.5 Å². The van der Waals surface area contributed by atoms with E-state index in [0.29, 0.717) is 5.56 Å². The summed E-state index contributed by atoms with van der Waals surface area (Å²) in [5, 5.41) is 2.35. The number of hydrogen-bond donors (Lipinski definition) is 2. The number of alkyl halides is 3. The van der Waals surface area contributed by atoms with Gasteiger partial charge in [-0.05, 0) is 36.8 Å². The number of aromatic amines is 1. The molecule has 0 saturated heterocycles. The zero-order valence-corrected chi connectivity index (χ0v) is 17.1. The Morgan fingerprint density at radius 1 is 1.20 bits per heavy atom. The molecule has 1 aromatic carbocycles. The molecule has 160 valence electrons. The van der Waals surface area contributed by atoms with Gasteiger partial charge in [0, 0.05) is 12.5 Å². The number of halogens is 5. The number of H-pyrrole nitrogens is 1. The summed E-state index contributed by atoms with van der Waals surface area (Å²) >= 11 is 5.85. The van der Waals surface area contributed by atoms with Crippen molar-refractivity contribution in [1.29, 1.82) is 0 Å². The third-order valence-corrected chi connectivity index (χ3v) is 5.53. The maximum atomic E-state index is 13.6. The molecule has 0 spiro atoms. The highest BCUT2D eigenvalue weighted by atomic mass is 35.5. The quantitative estimate of drug-likeness (QED) is 0.544. The molecule has 6 nitrogen and oxygen atoms in total. The van der Waals surface area contributed by atoms with Crippen molar-refractivity contribution in [1.82, 2.24) is 15.0 Å². The second-order valence-corrected chi connectivity index (χ2v) is 8.84. The zero-order chi connectivity index (χ0) is 22.3. The van der Waals surface area contributed by atoms with Crippen molar-refractivity contribution in [2.24, 2.45) is 0 Å². The average molecular weight is 463 g/mol. The number of aryl methyl sites for hydroxylation is 1. The minimum absolute atomic E-state index is 0.0785. The predicted molar refractivity (Wildman–Crippen MR) is 103 cm³/mol. The number of pyridine rings is 1. The lowest BCUT2D eigenvalue weighted by Gasteiger charge is -2.19. The lowest BCUT2D eigenvalue weighted by Crippen LogP contribution is -2.16. The molecule has 3 aromatic rings. The standard InChI is InChI=1S/C18H15ClF4N4O2S/c1-9-17(30(2,28)29)27-16(25-9)15(10-3-4-13(20)12(19)7-10)26-14-8-11(5-6-24-14)18(21,22)23/h3-8,15H,1-2H3,(H,24,26)(H,25,27). The lowest BCUT2D eigenvalue weighted by molar-refractivity contribution is -0.137. The van der Waals surface area contributed by atoms with Crippen LogP contribution in [0.1, 0.15) is 28.7 Å². The Bertz CT molecular complexity index is 1200. The van der Waals surface area contributed by atoms with Gasteiger partial charge < -0.3 is 10.3 Å². The molecule has 2 N–H and O–H groups in total. The number of anilines is 1. The summed E-state index contributed by atoms with van der Waals surface area (Å²) in [5.41, 5.74) is -0.359. The predicted octanol–water partition coefficient (Wildman–Crippen LogP) is 4.53. The van der Waals surface area contributed by atoms with Crippen molar-refractivity contribution in [3.8, 4) is 0 Å². The molecule has 1 atom stereocenters. The molecule has 0 bridgehead atoms. The van der Waals surface area contributed by atoms with E-state index >= 15 is 0 Å². The highest BCUT2D eigenvalue weighted by Crippen LogP contribution is 2.32. The Labute approximate surface area is 174 Å². The van der Waals surface area contributed by atoms with Crippen LogP contribution in [0.2, 0.25) is 5.02 Å². The third kappa shape index (κ3) is 4.73. The Morgan fingerprint density at radius 3 is 2.47 bits per heavy atom. The maximum Gasteiger partial charge on any atom is 0.416 e. The van der Waals surface area contributed by atoms with Crippen molar-refractivity contribution in [2.45, 2.75) is 24.2 Å². The van der Waals surface area contributed by atoms with Crippen LogP contribution in [0.4, 0.5) is 23.4 Å². The van der Waals surface area contributed by atoms with E-state index in [-0.39, 0.29) is 27.4 Å². The molecule has 2 aromatic heterocycles. The van der Waals surface area contributed by atoms with Gasteiger partial charge in [0.2, 0.25) is 0 Å². The summed E-state index contributed by atoms with van der Waals surface area (Å²) in [7, 11) is -3.66. The number of hydrogen-bond acceptors (Lipinski definition) is 5. The van der Waals surface area contributed by atoms with Crippen LogP contribution in [0.25, 0.3) is 0 Å². The summed E-state index contributed by atoms with van der Waals surface area (Å²) in [6.45, 7) is 1.49. The van der Waals surface area contributed by atoms with E-state index in [9.17, 15) is 26.0 Å². The average Bonchev–Trinajstić information content (AvgIpc) is 3.03. The number of nitrogens with one attached hydrogen (secondary N) is 2. The highest BCUT2D eigenvalue weighted by molar-refractivity contribution is 7.90. The van der Waals surface area contributed by atoms with Gasteiger partial charge in [0.25, 0.3) is 0 Å². The van der Waals surface area contributed by atoms with E-state index in [1.165, 1.54) is 19.1 Å². The minimum atomic E-state index is -4.58. The second-order valence-electron chi connectivity index (χ2n) is 6.50. The topological polar surface area (TPSA) is 87.7 Å². The Kier molecular flexibility index (Phi) is 5.79. The first-order valence-electron chi connectivity index (χ1n) is 8.37. The second kappa shape index (κ2) is 7.88. The number of rotatable bonds is 5. The molecular formula is C18H15ClF4N4O2S. The fourth-order valence-corrected chi connectivity index (χ4v) is 3.86. The molecule has 0 aliphatic carbocycles. The molecule has 12 heteroatoms. The van der Waals surface area contributed by atoms with Gasteiger partial charge >= 0.3 is 6.18 Å². The van der Waals surface area contributed by atoms with Gasteiger partial charge in [0.05, 0.1) is 16.3 Å². The van der Waals surface area contributed by atoms with Crippen molar-refractivity contribution in [3.63, 3.8) is 0 Å². The molecule has 3 rings (SSSR count). The van der Waals surface area contributed by atoms with Gasteiger partial charge in [-0.15, -0.1) is 0 Å². The summed E-state index contributed by atoms with van der Waals surface area (Å²) < 4.78 is 76.6. The first-order valence-corrected chi connectivity index (χ1v) is 10.6. The maximum absolute atomic E-state index is 13.6. The number of imidazole rings is 1. The van der Waals surface area contributed by atoms with Crippen molar-refractivity contribution in [2.75, 3.05) is 11.6 Å². The zero-order valence-electron chi connectivity index (χ0n) is 15.6. The summed E-state index contributed by atoms with van der Waals surface area (Å²) in [6, 6.07) is 4.32. The van der Waals surface area contributed by atoms with Crippen LogP contribution in [0.3, 0.4) is 0 Å². The number of benzene rings is 1. The van der Waals surface area contributed by atoms with Crippen LogP contribution in [0.5, 0.6) is 0 Å². The Balaban J connectivity index is 2.11. The van der Waals surface area contributed by atoms with E-state index in [2.05, 4.69) is 20.3 Å². The first kappa shape index (κ1) is 22.0. The molecule has 0 aliphatic rings. The van der Waals surface area contributed by atoms with Crippen molar-refractivity contribution >= 4 is 27.3 Å². The van der Waals surface area contributed by atoms with Gasteiger partial charge in [-0.2, -0.15) is 13.2 Å². The summed E-state index contributed by atoms with van der Waals surface area (Å²) in [4.78, 5) is 10.8. The van der Waals surface area contributed by atoms with E-state index in [4.69, 9.17) is 11.6 Å². The van der Waals surface area contributed by atoms with Crippen LogP contribution in [-0.2, 0) is 16.0 Å². The molecule has 0 radical (unpaired) electrons. The van der Waals surface area contributed by atoms with Crippen LogP contribution in [0.15, 0.2) is 41.6 Å². The van der Waals surface area contributed by atoms with E-state index in [1.807, 2.05) is 0 Å². The molecule has 2 heterocycles. The molecule has 0 aliphatic heterocycles. The van der Waals surface area contributed by atoms with E-state index < -0.39 is 33.4 Å². The normalized spacial score (nSPS) is 13.3. The van der Waals surface area contributed by atoms with Crippen LogP contribution in [-0.4, -0.2) is 29.6 Å². The fourth-order valence-electron chi connectivity index (χ4n) is 2.80. The summed E-state index contributed by atoms with van der Waals surface area (Å²) in [5.74, 6) is -0.760. The van der Waals surface area contributed by atoms with Crippen LogP contribution >= 0.6 is 11.6 Å². The monoisotopic (exact) mass is 462 g/mol. The van der Waals surface area contributed by atoms with Crippen molar-refractivity contribution in [3.05, 3.63) is 70.0 Å². The van der Waals surface area contributed by atoms with Crippen molar-refractivity contribution < 1.29 is 26.0 Å². The van der Waals surface area contributed by atoms with Crippen LogP contribution < -0.4 is 5.32 Å². The van der Waals surface area contributed by atoms with E-state index in [0.717, 1.165) is 30.7 Å². The molecule has 1 unspecified atom stereocenters. The first-order chi connectivity index (χ1) is 13.9. The van der Waals surface area contributed by atoms with Gasteiger partial charge in [-0.1, -0.05) is 17.7 Å². The minimum Gasteiger partial charge on any atom is -0.356 e. The van der Waals surface area contributed by atoms with Gasteiger partial charge in [-0.25, -0.2) is 22.8 Å². The lowest BCUT2D eigenvalue weighted by atomic mass is 10.1. The van der Waals surface area contributed by atoms with Gasteiger partial charge in [-0.3, -0.25) is 0 Å².